The van der Waals surface area contributed by atoms with E-state index in [1.807, 2.05) is 11.5 Å². The summed E-state index contributed by atoms with van der Waals surface area (Å²) in [5, 5.41) is 0. The normalized spacial score (nSPS) is 19.5. The number of aromatic nitrogens is 4. The maximum atomic E-state index is 11.5. The molecule has 2 aromatic rings. The topological polar surface area (TPSA) is 108 Å². The molecule has 0 amide bonds. The number of nitrogens with two attached hydrogens (primary N) is 1. The molecule has 1 aliphatic rings. The number of unbranched alkanes of at least 4 members (excludes halogenated alkanes) is 1. The van der Waals surface area contributed by atoms with Gasteiger partial charge in [0, 0.05) is 19.0 Å². The Morgan fingerprint density at radius 2 is 2.17 bits per heavy atom. The summed E-state index contributed by atoms with van der Waals surface area (Å²) in [5.41, 5.74) is 7.21. The summed E-state index contributed by atoms with van der Waals surface area (Å²) in [6.07, 6.45) is 7.46. The molecule has 0 saturated carbocycles. The van der Waals surface area contributed by atoms with Gasteiger partial charge in [-0.2, -0.15) is 0 Å². The molecule has 0 aromatic carbocycles. The molecule has 0 aliphatic carbocycles. The van der Waals surface area contributed by atoms with Crippen molar-refractivity contribution in [2.24, 2.45) is 0 Å². The first-order chi connectivity index (χ1) is 14.0. The van der Waals surface area contributed by atoms with Gasteiger partial charge in [-0.3, -0.25) is 14.3 Å². The first-order valence-electron chi connectivity index (χ1n) is 10.5. The lowest BCUT2D eigenvalue weighted by Crippen LogP contribution is -2.38. The zero-order valence-corrected chi connectivity index (χ0v) is 17.6. The van der Waals surface area contributed by atoms with E-state index >= 15 is 0 Å². The van der Waals surface area contributed by atoms with Gasteiger partial charge < -0.3 is 15.2 Å². The van der Waals surface area contributed by atoms with Crippen LogP contribution in [0.1, 0.15) is 59.1 Å². The van der Waals surface area contributed by atoms with Crippen LogP contribution in [0.15, 0.2) is 12.7 Å². The molecule has 29 heavy (non-hydrogen) atoms. The highest BCUT2D eigenvalue weighted by Gasteiger charge is 2.30. The molecule has 2 atom stereocenters. The third-order valence-corrected chi connectivity index (χ3v) is 5.33. The number of carbonyl (C=O) groups is 1. The SMILES string of the molecule is CCOC(=O)CCCCN(CC1CCC(n2cnc3c(N)ncnc32)O1)C(C)C. The van der Waals surface area contributed by atoms with Crippen LogP contribution in [-0.2, 0) is 14.3 Å². The zero-order valence-electron chi connectivity index (χ0n) is 17.6. The molecule has 2 unspecified atom stereocenters. The third-order valence-electron chi connectivity index (χ3n) is 5.33. The van der Waals surface area contributed by atoms with Crippen molar-refractivity contribution in [3.05, 3.63) is 12.7 Å². The average molecular weight is 405 g/mol. The van der Waals surface area contributed by atoms with Crippen LogP contribution in [-0.4, -0.2) is 62.2 Å². The fourth-order valence-corrected chi connectivity index (χ4v) is 3.75. The molecule has 1 aliphatic heterocycles. The fourth-order valence-electron chi connectivity index (χ4n) is 3.75. The highest BCUT2D eigenvalue weighted by molar-refractivity contribution is 5.81. The second-order valence-electron chi connectivity index (χ2n) is 7.72. The zero-order chi connectivity index (χ0) is 20.8. The predicted octanol–water partition coefficient (Wildman–Crippen LogP) is 2.53. The second-order valence-corrected chi connectivity index (χ2v) is 7.72. The van der Waals surface area contributed by atoms with Crippen LogP contribution in [0.3, 0.4) is 0 Å². The fraction of sp³-hybridized carbons (Fsp3) is 0.700. The van der Waals surface area contributed by atoms with Gasteiger partial charge in [0.2, 0.25) is 0 Å². The number of anilines is 1. The first-order valence-corrected chi connectivity index (χ1v) is 10.5. The molecule has 9 heteroatoms. The Kier molecular flexibility index (Phi) is 7.38. The lowest BCUT2D eigenvalue weighted by Gasteiger charge is -2.29. The van der Waals surface area contributed by atoms with E-state index in [0.29, 0.717) is 36.1 Å². The lowest BCUT2D eigenvalue weighted by atomic mass is 10.1. The van der Waals surface area contributed by atoms with Crippen molar-refractivity contribution in [2.45, 2.75) is 71.2 Å². The number of rotatable bonds is 10. The van der Waals surface area contributed by atoms with E-state index in [-0.39, 0.29) is 18.3 Å². The summed E-state index contributed by atoms with van der Waals surface area (Å²) in [6.45, 7) is 8.49. The van der Waals surface area contributed by atoms with Crippen molar-refractivity contribution in [3.63, 3.8) is 0 Å². The van der Waals surface area contributed by atoms with Crippen LogP contribution in [0.25, 0.3) is 11.2 Å². The number of imidazole rings is 1. The molecule has 1 fully saturated rings. The Labute approximate surface area is 171 Å². The van der Waals surface area contributed by atoms with E-state index in [2.05, 4.69) is 33.7 Å². The van der Waals surface area contributed by atoms with Gasteiger partial charge in [-0.1, -0.05) is 0 Å². The van der Waals surface area contributed by atoms with Gasteiger partial charge in [0.1, 0.15) is 18.1 Å². The van der Waals surface area contributed by atoms with E-state index in [1.165, 1.54) is 6.33 Å². The minimum absolute atomic E-state index is 0.0860. The van der Waals surface area contributed by atoms with Crippen molar-refractivity contribution in [3.8, 4) is 0 Å². The minimum atomic E-state index is -0.109. The number of nitrogens with zero attached hydrogens (tertiary/aromatic N) is 5. The predicted molar refractivity (Wildman–Crippen MR) is 110 cm³/mol. The standard InChI is InChI=1S/C20H32N6O3/c1-4-28-17(27)7-5-6-10-25(14(2)3)11-15-8-9-16(29-15)26-13-24-18-19(21)22-12-23-20(18)26/h12-16H,4-11H2,1-3H3,(H2,21,22,23). The van der Waals surface area contributed by atoms with Gasteiger partial charge in [-0.25, -0.2) is 15.0 Å². The number of fused-ring (bicyclic) bond motifs is 1. The second kappa shape index (κ2) is 9.98. The van der Waals surface area contributed by atoms with Gasteiger partial charge in [0.15, 0.2) is 11.5 Å². The molecule has 160 valence electrons. The quantitative estimate of drug-likeness (QED) is 0.475. The molecular formula is C20H32N6O3. The van der Waals surface area contributed by atoms with Crippen LogP contribution in [0.2, 0.25) is 0 Å². The van der Waals surface area contributed by atoms with Crippen LogP contribution in [0.5, 0.6) is 0 Å². The van der Waals surface area contributed by atoms with Crippen molar-refractivity contribution >= 4 is 23.0 Å². The highest BCUT2D eigenvalue weighted by atomic mass is 16.5. The number of hydrogen-bond acceptors (Lipinski definition) is 8. The van der Waals surface area contributed by atoms with Gasteiger partial charge in [0.25, 0.3) is 0 Å². The van der Waals surface area contributed by atoms with E-state index < -0.39 is 0 Å². The van der Waals surface area contributed by atoms with E-state index in [9.17, 15) is 4.79 Å². The third kappa shape index (κ3) is 5.42. The van der Waals surface area contributed by atoms with Crippen molar-refractivity contribution in [2.75, 3.05) is 25.4 Å². The van der Waals surface area contributed by atoms with Gasteiger partial charge >= 0.3 is 5.97 Å². The summed E-state index contributed by atoms with van der Waals surface area (Å²) >= 11 is 0. The summed E-state index contributed by atoms with van der Waals surface area (Å²) in [4.78, 5) is 26.6. The largest absolute Gasteiger partial charge is 0.466 e. The maximum Gasteiger partial charge on any atom is 0.305 e. The summed E-state index contributed by atoms with van der Waals surface area (Å²) in [7, 11) is 0. The van der Waals surface area contributed by atoms with Crippen molar-refractivity contribution in [1.29, 1.82) is 0 Å². The number of esters is 1. The van der Waals surface area contributed by atoms with Crippen molar-refractivity contribution < 1.29 is 14.3 Å². The molecule has 3 rings (SSSR count). The molecule has 0 radical (unpaired) electrons. The Hall–Kier alpha value is -2.26. The smallest absolute Gasteiger partial charge is 0.305 e. The Morgan fingerprint density at radius 1 is 1.34 bits per heavy atom. The molecule has 2 aromatic heterocycles. The van der Waals surface area contributed by atoms with E-state index in [1.54, 1.807) is 6.33 Å². The van der Waals surface area contributed by atoms with Crippen LogP contribution in [0.4, 0.5) is 5.82 Å². The molecule has 0 bridgehead atoms. The van der Waals surface area contributed by atoms with Crippen LogP contribution >= 0.6 is 0 Å². The molecule has 1 saturated heterocycles. The summed E-state index contributed by atoms with van der Waals surface area (Å²) in [5.74, 6) is 0.277. The molecular weight excluding hydrogens is 372 g/mol. The molecule has 3 heterocycles. The maximum absolute atomic E-state index is 11.5. The molecule has 2 N–H and O–H groups in total. The highest BCUT2D eigenvalue weighted by Crippen LogP contribution is 2.31. The number of carbonyl (C=O) groups excluding carboxylic acids is 1. The molecule has 0 spiro atoms. The Bertz CT molecular complexity index is 809. The van der Waals surface area contributed by atoms with E-state index in [0.717, 1.165) is 38.8 Å². The molecule has 9 nitrogen and oxygen atoms in total. The number of ether oxygens (including phenoxy) is 2. The van der Waals surface area contributed by atoms with Gasteiger partial charge in [-0.15, -0.1) is 0 Å². The Balaban J connectivity index is 1.51. The van der Waals surface area contributed by atoms with E-state index in [4.69, 9.17) is 15.2 Å². The average Bonchev–Trinajstić information content (AvgIpc) is 3.31. The van der Waals surface area contributed by atoms with Crippen LogP contribution < -0.4 is 5.73 Å². The van der Waals surface area contributed by atoms with Gasteiger partial charge in [0.05, 0.1) is 19.0 Å². The number of nitrogen functional groups attached to an aromatic ring is 1. The lowest BCUT2D eigenvalue weighted by molar-refractivity contribution is -0.143. The monoisotopic (exact) mass is 404 g/mol. The first kappa shape index (κ1) is 21.4. The summed E-state index contributed by atoms with van der Waals surface area (Å²) < 4.78 is 13.3. The number of hydrogen-bond donors (Lipinski definition) is 1. The van der Waals surface area contributed by atoms with Crippen LogP contribution in [0, 0.1) is 0 Å². The van der Waals surface area contributed by atoms with Gasteiger partial charge in [-0.05, 0) is 53.0 Å². The Morgan fingerprint density at radius 3 is 2.93 bits per heavy atom. The minimum Gasteiger partial charge on any atom is -0.466 e. The summed E-state index contributed by atoms with van der Waals surface area (Å²) in [6, 6.07) is 0.418. The van der Waals surface area contributed by atoms with Crippen molar-refractivity contribution in [1.82, 2.24) is 24.4 Å².